The Balaban J connectivity index is 0.00000201. The molecule has 3 aliphatic rings. The third-order valence-electron chi connectivity index (χ3n) is 10.6. The molecule has 0 spiro atoms. The van der Waals surface area contributed by atoms with Crippen molar-refractivity contribution < 1.29 is 43.1 Å². The molecule has 0 saturated heterocycles. The van der Waals surface area contributed by atoms with Crippen LogP contribution in [-0.2, 0) is 19.3 Å². The fraction of sp³-hybridized carbons (Fsp3) is 0.302. The minimum absolute atomic E-state index is 0. The van der Waals surface area contributed by atoms with E-state index < -0.39 is 0 Å². The zero-order chi connectivity index (χ0) is 30.7. The van der Waals surface area contributed by atoms with E-state index in [1.165, 1.54) is 98.1 Å². The number of anilines is 1. The van der Waals surface area contributed by atoms with Crippen molar-refractivity contribution in [2.45, 2.75) is 69.9 Å². The smallest absolute Gasteiger partial charge is 0.213 e. The molecular weight excluding hydrogens is 718 g/mol. The van der Waals surface area contributed by atoms with E-state index in [2.05, 4.69) is 142 Å². The lowest BCUT2D eigenvalue weighted by molar-refractivity contribution is -0.753. The van der Waals surface area contributed by atoms with Crippen molar-refractivity contribution in [3.05, 3.63) is 161 Å². The fourth-order valence-corrected chi connectivity index (χ4v) is 8.42. The van der Waals surface area contributed by atoms with Gasteiger partial charge < -0.3 is 38.9 Å². The monoisotopic (exact) mass is 761 g/mol. The van der Waals surface area contributed by atoms with Crippen LogP contribution in [0, 0.1) is 0 Å². The molecule has 3 aromatic carbocycles. The summed E-state index contributed by atoms with van der Waals surface area (Å²) in [5, 5.41) is 0. The van der Waals surface area contributed by atoms with Gasteiger partial charge >= 0.3 is 0 Å². The van der Waals surface area contributed by atoms with Crippen molar-refractivity contribution in [1.29, 1.82) is 0 Å². The molecule has 1 fully saturated rings. The molecule has 0 radical (unpaired) electrons. The van der Waals surface area contributed by atoms with Gasteiger partial charge in [0, 0.05) is 68.7 Å². The van der Waals surface area contributed by atoms with E-state index in [1.807, 2.05) is 0 Å². The highest BCUT2D eigenvalue weighted by Crippen LogP contribution is 2.38. The largest absolute Gasteiger partial charge is 1.00 e. The number of aryl methyl sites for hydroxylation is 2. The molecule has 2 aromatic heterocycles. The summed E-state index contributed by atoms with van der Waals surface area (Å²) in [4.78, 5) is 2.64. The van der Waals surface area contributed by atoms with Crippen molar-refractivity contribution in [2.75, 3.05) is 18.0 Å². The number of nitrogens with zero attached hydrogens (tertiary/aromatic N) is 3. The molecule has 5 heteroatoms. The van der Waals surface area contributed by atoms with Crippen LogP contribution in [0.15, 0.2) is 122 Å². The van der Waals surface area contributed by atoms with Gasteiger partial charge in [0.15, 0.2) is 30.2 Å². The van der Waals surface area contributed by atoms with Crippen molar-refractivity contribution in [1.82, 2.24) is 0 Å². The molecule has 0 atom stereocenters. The molecular formula is C43H45Br2N3. The Labute approximate surface area is 307 Å². The van der Waals surface area contributed by atoms with Gasteiger partial charge in [-0.05, 0) is 77.8 Å². The standard InChI is InChI=1S/C43H45N3.2BrH/c1-3-13-33(14-4-1)31-40-19-7-9-27-45(40)38-21-23-39(24-22-38)46-28-10-8-20-42(46)41(35-15-5-2-6-16-35)32-34-29-36-17-11-25-44-26-12-18-37(30-34)43(36)44;;/h1-10,13-16,19-20,27-30,32,38-39H,11-12,17-18,21-26,31H2;2*1H/q+2;;/p-2. The predicted octanol–water partition coefficient (Wildman–Crippen LogP) is 2.50. The first kappa shape index (κ1) is 34.3. The maximum atomic E-state index is 2.64. The van der Waals surface area contributed by atoms with E-state index in [4.69, 9.17) is 0 Å². The van der Waals surface area contributed by atoms with Crippen LogP contribution in [0.3, 0.4) is 0 Å². The topological polar surface area (TPSA) is 11.0 Å². The molecule has 8 rings (SSSR count). The first-order chi connectivity index (χ1) is 22.8. The predicted molar refractivity (Wildman–Crippen MR) is 188 cm³/mol. The van der Waals surface area contributed by atoms with E-state index in [1.54, 1.807) is 16.8 Å². The molecule has 4 heterocycles. The molecule has 48 heavy (non-hydrogen) atoms. The van der Waals surface area contributed by atoms with Crippen LogP contribution in [0.2, 0.25) is 0 Å². The van der Waals surface area contributed by atoms with Crippen LogP contribution in [0.4, 0.5) is 5.69 Å². The van der Waals surface area contributed by atoms with E-state index in [9.17, 15) is 0 Å². The normalized spacial score (nSPS) is 18.7. The van der Waals surface area contributed by atoms with Gasteiger partial charge in [-0.25, -0.2) is 0 Å². The fourth-order valence-electron chi connectivity index (χ4n) is 8.42. The maximum Gasteiger partial charge on any atom is 0.213 e. The highest BCUT2D eigenvalue weighted by molar-refractivity contribution is 5.90. The Bertz CT molecular complexity index is 1810. The Morgan fingerprint density at radius 2 is 1.21 bits per heavy atom. The van der Waals surface area contributed by atoms with Gasteiger partial charge in [0.25, 0.3) is 0 Å². The summed E-state index contributed by atoms with van der Waals surface area (Å²) in [5.41, 5.74) is 12.7. The lowest BCUT2D eigenvalue weighted by Crippen LogP contribution is -3.00. The Morgan fingerprint density at radius 1 is 0.646 bits per heavy atom. The number of hydrogen-bond acceptors (Lipinski definition) is 1. The Hall–Kier alpha value is -3.54. The Morgan fingerprint density at radius 3 is 1.88 bits per heavy atom. The summed E-state index contributed by atoms with van der Waals surface area (Å²) in [5.74, 6) is 0. The van der Waals surface area contributed by atoms with Gasteiger partial charge in [0.05, 0.1) is 12.0 Å². The SMILES string of the molecule is C(=C(/c1ccccc1)c1cccc[n+]1C1CCC([n+]2ccccc2Cc2ccccc2)CC1)/c1cc2c3c(c1)CCCN3CCC2.[Br-].[Br-]. The molecule has 0 bridgehead atoms. The van der Waals surface area contributed by atoms with Crippen LogP contribution >= 0.6 is 0 Å². The zero-order valence-electron chi connectivity index (χ0n) is 27.7. The second-order valence-electron chi connectivity index (χ2n) is 13.5. The van der Waals surface area contributed by atoms with E-state index in [0.29, 0.717) is 12.1 Å². The lowest BCUT2D eigenvalue weighted by Gasteiger charge is -2.37. The molecule has 0 unspecified atom stereocenters. The molecule has 2 aliphatic heterocycles. The summed E-state index contributed by atoms with van der Waals surface area (Å²) < 4.78 is 5.17. The van der Waals surface area contributed by atoms with Gasteiger partial charge in [-0.15, -0.1) is 0 Å². The van der Waals surface area contributed by atoms with Crippen LogP contribution in [0.5, 0.6) is 0 Å². The second kappa shape index (κ2) is 15.8. The van der Waals surface area contributed by atoms with Crippen LogP contribution < -0.4 is 48.0 Å². The molecule has 5 aromatic rings. The molecule has 246 valence electrons. The van der Waals surface area contributed by atoms with Crippen LogP contribution in [0.25, 0.3) is 11.6 Å². The van der Waals surface area contributed by atoms with Gasteiger partial charge in [-0.2, -0.15) is 9.13 Å². The first-order valence-electron chi connectivity index (χ1n) is 17.5. The second-order valence-corrected chi connectivity index (χ2v) is 13.5. The summed E-state index contributed by atoms with van der Waals surface area (Å²) in [7, 11) is 0. The van der Waals surface area contributed by atoms with Gasteiger partial charge in [-0.3, -0.25) is 0 Å². The van der Waals surface area contributed by atoms with Crippen molar-refractivity contribution in [2.24, 2.45) is 0 Å². The molecule has 1 saturated carbocycles. The molecule has 0 N–H and O–H groups in total. The van der Waals surface area contributed by atoms with Crippen LogP contribution in [-0.4, -0.2) is 13.1 Å². The number of rotatable bonds is 7. The number of aromatic nitrogens is 2. The van der Waals surface area contributed by atoms with Gasteiger partial charge in [-0.1, -0.05) is 66.7 Å². The number of halogens is 2. The average Bonchev–Trinajstić information content (AvgIpc) is 3.12. The number of benzene rings is 3. The first-order valence-corrected chi connectivity index (χ1v) is 17.5. The molecule has 1 aliphatic carbocycles. The Kier molecular flexibility index (Phi) is 11.3. The number of hydrogen-bond donors (Lipinski definition) is 0. The van der Waals surface area contributed by atoms with Crippen molar-refractivity contribution in [3.8, 4) is 0 Å². The lowest BCUT2D eigenvalue weighted by atomic mass is 9.88. The summed E-state index contributed by atoms with van der Waals surface area (Å²) in [6.07, 6.45) is 17.8. The minimum atomic E-state index is 0. The maximum absolute atomic E-state index is 2.64. The molecule has 3 nitrogen and oxygen atoms in total. The van der Waals surface area contributed by atoms with E-state index in [-0.39, 0.29) is 34.0 Å². The van der Waals surface area contributed by atoms with Crippen LogP contribution in [0.1, 0.15) is 89.8 Å². The third kappa shape index (κ3) is 7.23. The average molecular weight is 764 g/mol. The zero-order valence-corrected chi connectivity index (χ0v) is 30.8. The third-order valence-corrected chi connectivity index (χ3v) is 10.6. The highest BCUT2D eigenvalue weighted by Gasteiger charge is 2.35. The summed E-state index contributed by atoms with van der Waals surface area (Å²) >= 11 is 0. The summed E-state index contributed by atoms with van der Waals surface area (Å²) in [6.45, 7) is 2.43. The quantitative estimate of drug-likeness (QED) is 0.184. The van der Waals surface area contributed by atoms with Gasteiger partial charge in [0.2, 0.25) is 5.69 Å². The van der Waals surface area contributed by atoms with E-state index in [0.717, 1.165) is 6.42 Å². The number of pyridine rings is 2. The van der Waals surface area contributed by atoms with E-state index >= 15 is 0 Å². The molecule has 0 amide bonds. The minimum Gasteiger partial charge on any atom is -1.00 e. The summed E-state index contributed by atoms with van der Waals surface area (Å²) in [6, 6.07) is 41.4. The van der Waals surface area contributed by atoms with Gasteiger partial charge in [0.1, 0.15) is 0 Å². The van der Waals surface area contributed by atoms with Crippen molar-refractivity contribution >= 4 is 17.3 Å². The highest BCUT2D eigenvalue weighted by atomic mass is 79.9. The van der Waals surface area contributed by atoms with Crippen molar-refractivity contribution in [3.63, 3.8) is 0 Å².